The van der Waals surface area contributed by atoms with Crippen molar-refractivity contribution in [2.45, 2.75) is 35.4 Å². The molecule has 3 rings (SSSR count). The number of aromatic nitrogens is 1. The van der Waals surface area contributed by atoms with Gasteiger partial charge in [-0.1, -0.05) is 6.07 Å². The quantitative estimate of drug-likeness (QED) is 0.636. The predicted octanol–water partition coefficient (Wildman–Crippen LogP) is 4.02. The lowest BCUT2D eigenvalue weighted by molar-refractivity contribution is -0.155. The molecule has 0 spiro atoms. The van der Waals surface area contributed by atoms with Crippen LogP contribution in [-0.2, 0) is 4.79 Å². The molecule has 1 aliphatic rings. The lowest BCUT2D eigenvalue weighted by Gasteiger charge is -2.26. The Bertz CT molecular complexity index is 1120. The Balaban J connectivity index is 2.09. The topological polar surface area (TPSA) is 94.3 Å². The summed E-state index contributed by atoms with van der Waals surface area (Å²) in [6, 6.07) is 4.04. The third-order valence-electron chi connectivity index (χ3n) is 5.00. The first-order valence-corrected chi connectivity index (χ1v) is 9.91. The zero-order chi connectivity index (χ0) is 24.8. The van der Waals surface area contributed by atoms with Gasteiger partial charge in [-0.25, -0.2) is 4.39 Å². The molecule has 2 amide bonds. The summed E-state index contributed by atoms with van der Waals surface area (Å²) in [5.74, 6) is -7.03. The maximum atomic E-state index is 14.3. The number of nitrogens with one attached hydrogen (secondary N) is 1. The molecule has 3 N–H and O–H groups in total. The van der Waals surface area contributed by atoms with E-state index in [9.17, 15) is 31.5 Å². The van der Waals surface area contributed by atoms with E-state index in [1.807, 2.05) is 0 Å². The van der Waals surface area contributed by atoms with Crippen molar-refractivity contribution in [1.29, 1.82) is 0 Å². The van der Waals surface area contributed by atoms with Gasteiger partial charge in [0.1, 0.15) is 10.4 Å². The molecule has 12 heteroatoms. The number of nitrogens with two attached hydrogens (primary N) is 1. The Labute approximate surface area is 185 Å². The number of carbonyl (C=O) groups excluding carboxylic acids is 2. The van der Waals surface area contributed by atoms with Crippen LogP contribution in [0, 0.1) is 11.6 Å². The van der Waals surface area contributed by atoms with Crippen molar-refractivity contribution < 1.29 is 37.6 Å². The lowest BCUT2D eigenvalue weighted by Crippen LogP contribution is -2.37. The minimum Gasteiger partial charge on any atom is -0.493 e. The molecular weight excluding hydrogens is 457 g/mol. The Morgan fingerprint density at radius 1 is 1.34 bits per heavy atom. The highest BCUT2D eigenvalue weighted by Crippen LogP contribution is 2.59. The van der Waals surface area contributed by atoms with Crippen LogP contribution < -0.4 is 15.8 Å². The highest BCUT2D eigenvalue weighted by atomic mass is 32.2. The number of benzene rings is 1. The molecule has 2 heterocycles. The van der Waals surface area contributed by atoms with Crippen molar-refractivity contribution in [3.8, 4) is 5.75 Å². The zero-order valence-corrected chi connectivity index (χ0v) is 17.5. The molecule has 1 aromatic carbocycles. The number of nitrogens with zero attached hydrogens (tertiary/aromatic N) is 1. The molecule has 3 atom stereocenters. The van der Waals surface area contributed by atoms with Crippen molar-refractivity contribution in [1.82, 2.24) is 4.98 Å². The van der Waals surface area contributed by atoms with Gasteiger partial charge in [0.15, 0.2) is 11.6 Å². The Morgan fingerprint density at radius 2 is 2.03 bits per heavy atom. The first kappa shape index (κ1) is 22.3. The van der Waals surface area contributed by atoms with Gasteiger partial charge >= 0.3 is 6.18 Å². The summed E-state index contributed by atoms with van der Waals surface area (Å²) in [5.41, 5.74) is 4.63. The van der Waals surface area contributed by atoms with Gasteiger partial charge in [-0.05, 0) is 31.5 Å². The third kappa shape index (κ3) is 4.36. The van der Waals surface area contributed by atoms with Crippen LogP contribution >= 0.6 is 11.8 Å². The van der Waals surface area contributed by atoms with E-state index in [1.165, 1.54) is 6.07 Å². The van der Waals surface area contributed by atoms with Crippen molar-refractivity contribution >= 4 is 29.3 Å². The van der Waals surface area contributed by atoms with Crippen LogP contribution in [-0.4, -0.2) is 40.1 Å². The van der Waals surface area contributed by atoms with E-state index < -0.39 is 57.7 Å². The molecule has 1 fully saturated rings. The normalized spacial score (nSPS) is 25.8. The Morgan fingerprint density at radius 3 is 2.62 bits per heavy atom. The summed E-state index contributed by atoms with van der Waals surface area (Å²) in [4.78, 5) is 28.2. The average molecular weight is 476 g/mol. The number of thioether (sulfide) groups is 1. The number of primary amides is 1. The number of rotatable bonds is 5. The molecule has 6 nitrogen and oxygen atoms in total. The van der Waals surface area contributed by atoms with Gasteiger partial charge in [0.05, 0.1) is 13.7 Å². The number of carbonyl (C=O) groups is 2. The summed E-state index contributed by atoms with van der Waals surface area (Å²) < 4.78 is 80.7. The number of methoxy groups -OCH3 is 1. The SMILES string of the molecule is [2H][C@@]1(C(=O)Nc2ccnc(C(N)=O)c2)S[C@@](C)(C(F)(F)F)C[C@H]1c1ccc(F)c(F)c1OC. The molecule has 0 aliphatic carbocycles. The van der Waals surface area contributed by atoms with Crippen LogP contribution in [0.3, 0.4) is 0 Å². The number of pyridine rings is 1. The fraction of sp³-hybridized carbons (Fsp3) is 0.350. The van der Waals surface area contributed by atoms with Gasteiger partial charge in [-0.15, -0.1) is 11.8 Å². The third-order valence-corrected chi connectivity index (χ3v) is 6.54. The molecule has 2 aromatic rings. The van der Waals surface area contributed by atoms with Crippen molar-refractivity contribution in [2.24, 2.45) is 5.73 Å². The summed E-state index contributed by atoms with van der Waals surface area (Å²) in [6.45, 7) is 0.832. The second-order valence-corrected chi connectivity index (χ2v) is 8.73. The molecule has 172 valence electrons. The number of amides is 2. The van der Waals surface area contributed by atoms with Crippen molar-refractivity contribution in [2.75, 3.05) is 12.4 Å². The number of ether oxygens (including phenoxy) is 1. The van der Waals surface area contributed by atoms with Crippen LogP contribution in [0.15, 0.2) is 30.5 Å². The van der Waals surface area contributed by atoms with Gasteiger partial charge in [0, 0.05) is 23.4 Å². The largest absolute Gasteiger partial charge is 0.493 e. The number of alkyl halides is 3. The van der Waals surface area contributed by atoms with Crippen LogP contribution in [0.1, 0.15) is 36.7 Å². The van der Waals surface area contributed by atoms with Gasteiger partial charge < -0.3 is 15.8 Å². The molecule has 0 radical (unpaired) electrons. The number of hydrogen-bond donors (Lipinski definition) is 2. The van der Waals surface area contributed by atoms with E-state index in [2.05, 4.69) is 10.3 Å². The minimum absolute atomic E-state index is 0.0346. The first-order chi connectivity index (χ1) is 15.2. The van der Waals surface area contributed by atoms with E-state index >= 15 is 0 Å². The standard InChI is InChI=1S/C20H18F5N3O3S/c1-19(20(23,24)25)8-11(10-3-4-12(21)14(22)15(10)31-2)16(32-19)18(30)28-9-5-6-27-13(7-9)17(26)29/h3-7,11,16H,8H2,1-2H3,(H2,26,29)(H,27,28,30)/t11-,16+,19+/m0/s1/i16D. The molecule has 0 saturated carbocycles. The van der Waals surface area contributed by atoms with E-state index in [4.69, 9.17) is 11.8 Å². The highest BCUT2D eigenvalue weighted by Gasteiger charge is 2.60. The van der Waals surface area contributed by atoms with Crippen molar-refractivity contribution in [3.05, 3.63) is 53.4 Å². The van der Waals surface area contributed by atoms with Crippen LogP contribution in [0.4, 0.5) is 27.6 Å². The fourth-order valence-electron chi connectivity index (χ4n) is 3.33. The summed E-state index contributed by atoms with van der Waals surface area (Å²) in [7, 11) is 1.00. The second kappa shape index (κ2) is 8.57. The molecule has 32 heavy (non-hydrogen) atoms. The van der Waals surface area contributed by atoms with E-state index in [0.29, 0.717) is 6.07 Å². The fourth-order valence-corrected chi connectivity index (χ4v) is 4.68. The highest BCUT2D eigenvalue weighted by molar-refractivity contribution is 8.02. The van der Waals surface area contributed by atoms with E-state index in [0.717, 1.165) is 32.4 Å². The van der Waals surface area contributed by atoms with E-state index in [-0.39, 0.29) is 28.7 Å². The molecule has 1 aliphatic heterocycles. The zero-order valence-electron chi connectivity index (χ0n) is 17.7. The summed E-state index contributed by atoms with van der Waals surface area (Å²) in [5, 5.41) is -0.229. The van der Waals surface area contributed by atoms with Gasteiger partial charge in [-0.3, -0.25) is 14.6 Å². The molecule has 0 bridgehead atoms. The molecule has 1 aromatic heterocycles. The number of halogens is 5. The maximum Gasteiger partial charge on any atom is 0.403 e. The summed E-state index contributed by atoms with van der Waals surface area (Å²) >= 11 is 0.0429. The molecule has 0 unspecified atom stereocenters. The van der Waals surface area contributed by atoms with Crippen molar-refractivity contribution in [3.63, 3.8) is 0 Å². The minimum atomic E-state index is -4.82. The van der Waals surface area contributed by atoms with Gasteiger partial charge in [-0.2, -0.15) is 17.6 Å². The second-order valence-electron chi connectivity index (χ2n) is 7.18. The Kier molecular flexibility index (Phi) is 5.97. The van der Waals surface area contributed by atoms with Crippen LogP contribution in [0.25, 0.3) is 0 Å². The first-order valence-electron chi connectivity index (χ1n) is 9.59. The predicted molar refractivity (Wildman–Crippen MR) is 107 cm³/mol. The van der Waals surface area contributed by atoms with Crippen LogP contribution in [0.2, 0.25) is 0 Å². The molecule has 1 saturated heterocycles. The number of hydrogen-bond acceptors (Lipinski definition) is 5. The lowest BCUT2D eigenvalue weighted by atomic mass is 9.85. The van der Waals surface area contributed by atoms with E-state index in [1.54, 1.807) is 0 Å². The monoisotopic (exact) mass is 476 g/mol. The maximum absolute atomic E-state index is 14.3. The Hall–Kier alpha value is -2.89. The number of anilines is 1. The average Bonchev–Trinajstić information content (AvgIpc) is 3.03. The van der Waals surface area contributed by atoms with Gasteiger partial charge in [0.25, 0.3) is 5.91 Å². The molecular formula is C20H18F5N3O3S. The smallest absolute Gasteiger partial charge is 0.403 e. The van der Waals surface area contributed by atoms with Crippen LogP contribution in [0.5, 0.6) is 5.75 Å². The van der Waals surface area contributed by atoms with Gasteiger partial charge in [0.2, 0.25) is 11.7 Å². The summed E-state index contributed by atoms with van der Waals surface area (Å²) in [6.07, 6.45) is -4.45.